The maximum atomic E-state index is 13.1. The summed E-state index contributed by atoms with van der Waals surface area (Å²) in [6, 6.07) is 7.40. The third-order valence-electron chi connectivity index (χ3n) is 6.18. The van der Waals surface area contributed by atoms with Gasteiger partial charge in [0.1, 0.15) is 10.0 Å². The average molecular weight is 491 g/mol. The summed E-state index contributed by atoms with van der Waals surface area (Å²) in [4.78, 5) is 18.6. The summed E-state index contributed by atoms with van der Waals surface area (Å²) in [6.07, 6.45) is 3.41. The number of amides is 1. The van der Waals surface area contributed by atoms with Gasteiger partial charge in [0, 0.05) is 43.0 Å². The van der Waals surface area contributed by atoms with Crippen LogP contribution in [-0.2, 0) is 21.2 Å². The Labute approximate surface area is 195 Å². The molecule has 0 N–H and O–H groups in total. The maximum Gasteiger partial charge on any atom is 0.252 e. The summed E-state index contributed by atoms with van der Waals surface area (Å²) < 4.78 is 46.3. The molecule has 3 heterocycles. The van der Waals surface area contributed by atoms with E-state index >= 15 is 0 Å². The van der Waals surface area contributed by atoms with Gasteiger partial charge in [-0.3, -0.25) is 4.79 Å². The fourth-order valence-electron chi connectivity index (χ4n) is 3.94. The van der Waals surface area contributed by atoms with Gasteiger partial charge in [-0.1, -0.05) is 23.7 Å². The van der Waals surface area contributed by atoms with Crippen molar-refractivity contribution < 1.29 is 22.1 Å². The lowest BCUT2D eigenvalue weighted by Crippen LogP contribution is -2.50. The summed E-state index contributed by atoms with van der Waals surface area (Å²) in [7, 11) is -3.68. The zero-order valence-corrected chi connectivity index (χ0v) is 19.4. The minimum absolute atomic E-state index is 0.101. The number of carbonyl (C=O) groups excluding carboxylic acids is 1. The van der Waals surface area contributed by atoms with E-state index in [0.717, 1.165) is 36.2 Å². The molecule has 8 nitrogen and oxygen atoms in total. The van der Waals surface area contributed by atoms with Crippen molar-refractivity contribution in [1.82, 2.24) is 19.3 Å². The van der Waals surface area contributed by atoms with Crippen molar-refractivity contribution >= 4 is 27.3 Å². The maximum absolute atomic E-state index is 13.1. The highest BCUT2D eigenvalue weighted by molar-refractivity contribution is 7.91. The van der Waals surface area contributed by atoms with E-state index in [1.807, 2.05) is 0 Å². The molecular weight excluding hydrogens is 467 g/mol. The Balaban J connectivity index is 1.21. The largest absolute Gasteiger partial charge is 0.340 e. The number of aromatic nitrogens is 2. The van der Waals surface area contributed by atoms with E-state index < -0.39 is 10.0 Å². The monoisotopic (exact) mass is 490 g/mol. The highest BCUT2D eigenvalue weighted by Gasteiger charge is 2.32. The lowest BCUT2D eigenvalue weighted by Gasteiger charge is -2.33. The van der Waals surface area contributed by atoms with Crippen LogP contribution in [0, 0.1) is 5.82 Å². The van der Waals surface area contributed by atoms with E-state index in [2.05, 4.69) is 10.1 Å². The molecule has 1 amide bonds. The molecule has 2 aromatic heterocycles. The molecule has 11 heteroatoms. The van der Waals surface area contributed by atoms with Crippen LogP contribution < -0.4 is 0 Å². The summed E-state index contributed by atoms with van der Waals surface area (Å²) in [5.41, 5.74) is 1.35. The Morgan fingerprint density at radius 2 is 1.88 bits per heavy atom. The van der Waals surface area contributed by atoms with Gasteiger partial charge in [-0.2, -0.15) is 9.29 Å². The molecule has 0 atom stereocenters. The Bertz CT molecular complexity index is 1240. The molecular formula is C22H23FN4O4S2. The van der Waals surface area contributed by atoms with E-state index in [9.17, 15) is 17.6 Å². The van der Waals surface area contributed by atoms with Crippen molar-refractivity contribution in [1.29, 1.82) is 0 Å². The second-order valence-corrected chi connectivity index (χ2v) is 11.4. The van der Waals surface area contributed by atoms with Gasteiger partial charge in [0.25, 0.3) is 10.0 Å². The Morgan fingerprint density at radius 1 is 1.15 bits per heavy atom. The smallest absolute Gasteiger partial charge is 0.252 e. The third kappa shape index (κ3) is 4.57. The van der Waals surface area contributed by atoms with Gasteiger partial charge in [0.2, 0.25) is 17.6 Å². The van der Waals surface area contributed by atoms with Gasteiger partial charge >= 0.3 is 0 Å². The van der Waals surface area contributed by atoms with Gasteiger partial charge < -0.3 is 9.42 Å². The topological polar surface area (TPSA) is 96.6 Å². The van der Waals surface area contributed by atoms with Gasteiger partial charge in [0.15, 0.2) is 0 Å². The first kappa shape index (κ1) is 22.2. The van der Waals surface area contributed by atoms with Gasteiger partial charge in [-0.25, -0.2) is 12.8 Å². The highest BCUT2D eigenvalue weighted by atomic mass is 32.2. The van der Waals surface area contributed by atoms with Gasteiger partial charge in [-0.05, 0) is 36.6 Å². The predicted octanol–water partition coefficient (Wildman–Crippen LogP) is 3.28. The standard InChI is InChI=1S/C22H23FN4O4S2/c23-18-6-4-15(5-7-18)12-19(28)26-8-10-27(11-9-26)33(29,30)20-13-17(14-32-20)21-24-22(31-25-21)16-2-1-3-16/h4-7,13-14,16H,1-3,8-12H2. The lowest BCUT2D eigenvalue weighted by molar-refractivity contribution is -0.131. The predicted molar refractivity (Wildman–Crippen MR) is 120 cm³/mol. The zero-order chi connectivity index (χ0) is 23.0. The fraction of sp³-hybridized carbons (Fsp3) is 0.409. The number of halogens is 1. The van der Waals surface area contributed by atoms with Crippen molar-refractivity contribution in [3.8, 4) is 11.4 Å². The number of sulfonamides is 1. The minimum atomic E-state index is -3.68. The molecule has 0 unspecified atom stereocenters. The van der Waals surface area contributed by atoms with Crippen LogP contribution in [0.3, 0.4) is 0 Å². The number of piperazine rings is 1. The quantitative estimate of drug-likeness (QED) is 0.526. The number of nitrogens with zero attached hydrogens (tertiary/aromatic N) is 4. The summed E-state index contributed by atoms with van der Waals surface area (Å²) in [5.74, 6) is 0.894. The molecule has 33 heavy (non-hydrogen) atoms. The van der Waals surface area contributed by atoms with Crippen LogP contribution in [0.15, 0.2) is 44.4 Å². The first-order chi connectivity index (χ1) is 15.9. The average Bonchev–Trinajstić information content (AvgIpc) is 3.44. The number of hydrogen-bond acceptors (Lipinski definition) is 7. The summed E-state index contributed by atoms with van der Waals surface area (Å²) in [6.45, 7) is 1.07. The van der Waals surface area contributed by atoms with Crippen LogP contribution in [-0.4, -0.2) is 59.8 Å². The van der Waals surface area contributed by atoms with E-state index in [-0.39, 0.29) is 35.4 Å². The molecule has 0 radical (unpaired) electrons. The van der Waals surface area contributed by atoms with E-state index in [4.69, 9.17) is 4.52 Å². The van der Waals surface area contributed by atoms with Crippen LogP contribution in [0.2, 0.25) is 0 Å². The Morgan fingerprint density at radius 3 is 2.55 bits per heavy atom. The van der Waals surface area contributed by atoms with Crippen LogP contribution in [0.4, 0.5) is 4.39 Å². The molecule has 1 saturated heterocycles. The van der Waals surface area contributed by atoms with E-state index in [1.165, 1.54) is 16.4 Å². The molecule has 3 aromatic rings. The Hall–Kier alpha value is -2.63. The fourth-order valence-corrected chi connectivity index (χ4v) is 6.67. The third-order valence-corrected chi connectivity index (χ3v) is 9.50. The molecule has 2 fully saturated rings. The van der Waals surface area contributed by atoms with Crippen LogP contribution in [0.25, 0.3) is 11.4 Å². The number of rotatable bonds is 6. The molecule has 1 aliphatic carbocycles. The Kier molecular flexibility index (Phi) is 6.02. The highest BCUT2D eigenvalue weighted by Crippen LogP contribution is 2.37. The molecule has 1 saturated carbocycles. The first-order valence-corrected chi connectivity index (χ1v) is 13.2. The molecule has 174 valence electrons. The molecule has 5 rings (SSSR count). The van der Waals surface area contributed by atoms with Crippen LogP contribution >= 0.6 is 11.3 Å². The lowest BCUT2D eigenvalue weighted by atomic mass is 9.85. The second-order valence-electron chi connectivity index (χ2n) is 8.33. The molecule has 1 aromatic carbocycles. The molecule has 0 spiro atoms. The normalized spacial score (nSPS) is 17.8. The number of thiophene rings is 1. The van der Waals surface area contributed by atoms with Crippen LogP contribution in [0.5, 0.6) is 0 Å². The molecule has 2 aliphatic rings. The SMILES string of the molecule is O=C(Cc1ccc(F)cc1)N1CCN(S(=O)(=O)c2cc(-c3noc(C4CCC4)n3)cs2)CC1. The first-order valence-electron chi connectivity index (χ1n) is 10.8. The van der Waals surface area contributed by atoms with Crippen molar-refractivity contribution in [3.05, 3.63) is 53.0 Å². The van der Waals surface area contributed by atoms with Crippen LogP contribution in [0.1, 0.15) is 36.6 Å². The van der Waals surface area contributed by atoms with Gasteiger partial charge in [-0.15, -0.1) is 11.3 Å². The summed E-state index contributed by atoms with van der Waals surface area (Å²) >= 11 is 1.13. The van der Waals surface area contributed by atoms with Crippen molar-refractivity contribution in [2.75, 3.05) is 26.2 Å². The number of carbonyl (C=O) groups is 1. The van der Waals surface area contributed by atoms with Crippen molar-refractivity contribution in [3.63, 3.8) is 0 Å². The zero-order valence-electron chi connectivity index (χ0n) is 17.8. The minimum Gasteiger partial charge on any atom is -0.340 e. The van der Waals surface area contributed by atoms with Gasteiger partial charge in [0.05, 0.1) is 6.42 Å². The van der Waals surface area contributed by atoms with Crippen molar-refractivity contribution in [2.24, 2.45) is 0 Å². The van der Waals surface area contributed by atoms with Crippen molar-refractivity contribution in [2.45, 2.75) is 35.8 Å². The number of hydrogen-bond donors (Lipinski definition) is 0. The van der Waals surface area contributed by atoms with E-state index in [1.54, 1.807) is 28.5 Å². The molecule has 1 aliphatic heterocycles. The number of benzene rings is 1. The molecule has 0 bridgehead atoms. The van der Waals surface area contributed by atoms with E-state index in [0.29, 0.717) is 36.3 Å². The summed E-state index contributed by atoms with van der Waals surface area (Å²) in [5, 5.41) is 5.74. The second kappa shape index (κ2) is 8.96.